The van der Waals surface area contributed by atoms with Crippen molar-refractivity contribution in [3.63, 3.8) is 0 Å². The van der Waals surface area contributed by atoms with Gasteiger partial charge < -0.3 is 20.6 Å². The second-order valence-electron chi connectivity index (χ2n) is 7.60. The Morgan fingerprint density at radius 2 is 1.97 bits per heavy atom. The van der Waals surface area contributed by atoms with Crippen LogP contribution in [0.1, 0.15) is 18.1 Å². The number of nitrogens with two attached hydrogens (primary N) is 1. The number of carbonyl (C=O) groups is 1. The molecule has 1 aromatic rings. The Morgan fingerprint density at radius 1 is 1.21 bits per heavy atom. The fraction of sp³-hybridized carbons (Fsp3) is 0.300. The highest BCUT2D eigenvalue weighted by Crippen LogP contribution is 2.41. The van der Waals surface area contributed by atoms with Gasteiger partial charge in [-0.1, -0.05) is 6.07 Å². The van der Waals surface area contributed by atoms with E-state index in [1.165, 1.54) is 0 Å². The van der Waals surface area contributed by atoms with E-state index in [9.17, 15) is 9.90 Å². The average Bonchev–Trinajstić information content (AvgIpc) is 3.24. The zero-order valence-corrected chi connectivity index (χ0v) is 16.6. The molecule has 0 radical (unpaired) electrons. The predicted molar refractivity (Wildman–Crippen MR) is 111 cm³/mol. The molecule has 5 rings (SSSR count). The first-order valence-electron chi connectivity index (χ1n) is 9.34. The number of hydrazone groups is 1. The minimum atomic E-state index is -0.965. The average molecular weight is 391 g/mol. The number of aromatic hydroxyl groups is 1. The highest BCUT2D eigenvalue weighted by molar-refractivity contribution is 6.29. The number of Topliss-reactive ketones (excluding diaryl/α,β-unsaturated/α-hetero) is 1. The summed E-state index contributed by atoms with van der Waals surface area (Å²) in [5.74, 6) is 1.20. The number of likely N-dealkylation sites (N-methyl/N-ethyl adjacent to an activating group) is 1. The van der Waals surface area contributed by atoms with Crippen LogP contribution in [-0.4, -0.2) is 52.4 Å². The minimum Gasteiger partial charge on any atom is -0.508 e. The number of anilines is 1. The molecule has 4 aliphatic rings. The Kier molecular flexibility index (Phi) is 3.51. The predicted octanol–water partition coefficient (Wildman–Crippen LogP) is 0.882. The molecule has 0 fully saturated rings. The zero-order valence-electron chi connectivity index (χ0n) is 16.6. The number of nitrogens with zero attached hydrogens (tertiary/aromatic N) is 5. The van der Waals surface area contributed by atoms with E-state index in [-0.39, 0.29) is 11.5 Å². The van der Waals surface area contributed by atoms with Crippen molar-refractivity contribution in [3.05, 3.63) is 46.4 Å². The number of amidine groups is 2. The summed E-state index contributed by atoms with van der Waals surface area (Å²) in [6.07, 6.45) is 0.890. The van der Waals surface area contributed by atoms with Gasteiger partial charge in [0, 0.05) is 18.8 Å². The quantitative estimate of drug-likeness (QED) is 0.654. The van der Waals surface area contributed by atoms with Crippen LogP contribution in [0.4, 0.5) is 5.69 Å². The van der Waals surface area contributed by atoms with Crippen LogP contribution in [0.5, 0.6) is 5.75 Å². The molecule has 0 saturated heterocycles. The van der Waals surface area contributed by atoms with Crippen LogP contribution in [0.15, 0.2) is 50.4 Å². The number of phenolic OH excluding ortho intramolecular Hbond substituents is 1. The molecule has 4 aliphatic heterocycles. The van der Waals surface area contributed by atoms with E-state index in [1.54, 1.807) is 11.0 Å². The summed E-state index contributed by atoms with van der Waals surface area (Å²) in [6, 6.07) is 2.80. The molecule has 1 aromatic carbocycles. The third kappa shape index (κ3) is 2.24. The molecule has 2 atom stereocenters. The summed E-state index contributed by atoms with van der Waals surface area (Å²) in [6.45, 7) is 5.57. The molecular weight excluding hydrogens is 370 g/mol. The lowest BCUT2D eigenvalue weighted by molar-refractivity contribution is -0.121. The summed E-state index contributed by atoms with van der Waals surface area (Å²) < 4.78 is 0. The molecule has 29 heavy (non-hydrogen) atoms. The molecule has 0 saturated carbocycles. The van der Waals surface area contributed by atoms with Crippen molar-refractivity contribution >= 4 is 28.9 Å². The van der Waals surface area contributed by atoms with Crippen molar-refractivity contribution in [2.75, 3.05) is 11.9 Å². The SMILES string of the molecule is CC1=NC2=CN(C)C3=NNC4C(=O)C(N)N(c5c(C)ccc(O)c5C)C(=C34)C2=N1. The fourth-order valence-electron chi connectivity index (χ4n) is 4.33. The number of aliphatic imine (C=N–C) groups is 2. The molecule has 0 aromatic heterocycles. The van der Waals surface area contributed by atoms with Crippen molar-refractivity contribution in [2.45, 2.75) is 33.0 Å². The van der Waals surface area contributed by atoms with E-state index in [2.05, 4.69) is 20.5 Å². The maximum absolute atomic E-state index is 13.2. The first-order valence-corrected chi connectivity index (χ1v) is 9.34. The molecule has 4 heterocycles. The lowest BCUT2D eigenvalue weighted by Crippen LogP contribution is -2.59. The fourth-order valence-corrected chi connectivity index (χ4v) is 4.33. The van der Waals surface area contributed by atoms with Crippen LogP contribution in [0.25, 0.3) is 0 Å². The molecule has 0 aliphatic carbocycles. The Labute approximate surface area is 167 Å². The Morgan fingerprint density at radius 3 is 2.72 bits per heavy atom. The molecular formula is C20H21N7O2. The standard InChI is InChI=1S/C20H21N7O2/c1-8-5-6-12(28)9(2)16(8)27-17-13-15(18(29)19(27)21)24-25-20(13)26(4)7-11-14(17)23-10(3)22-11/h5-7,15,19,24,28H,21H2,1-4H3. The van der Waals surface area contributed by atoms with Crippen LogP contribution >= 0.6 is 0 Å². The van der Waals surface area contributed by atoms with Crippen molar-refractivity contribution in [3.8, 4) is 5.75 Å². The van der Waals surface area contributed by atoms with Crippen LogP contribution in [0, 0.1) is 13.8 Å². The van der Waals surface area contributed by atoms with Gasteiger partial charge >= 0.3 is 0 Å². The number of phenols is 1. The van der Waals surface area contributed by atoms with E-state index in [0.717, 1.165) is 11.1 Å². The number of carbonyl (C=O) groups excluding carboxylic acids is 1. The number of rotatable bonds is 1. The van der Waals surface area contributed by atoms with Crippen molar-refractivity contribution < 1.29 is 9.90 Å². The molecule has 9 heteroatoms. The van der Waals surface area contributed by atoms with E-state index in [0.29, 0.717) is 40.0 Å². The monoisotopic (exact) mass is 391 g/mol. The first-order chi connectivity index (χ1) is 13.8. The van der Waals surface area contributed by atoms with Gasteiger partial charge in [-0.3, -0.25) is 10.2 Å². The molecule has 9 nitrogen and oxygen atoms in total. The normalized spacial score (nSPS) is 25.1. The van der Waals surface area contributed by atoms with Crippen molar-refractivity contribution in [1.29, 1.82) is 0 Å². The number of benzene rings is 1. The third-order valence-corrected chi connectivity index (χ3v) is 5.70. The van der Waals surface area contributed by atoms with Gasteiger partial charge in [0.25, 0.3) is 0 Å². The molecule has 4 N–H and O–H groups in total. The minimum absolute atomic E-state index is 0.138. The van der Waals surface area contributed by atoms with Gasteiger partial charge in [0.05, 0.1) is 17.0 Å². The molecule has 0 spiro atoms. The van der Waals surface area contributed by atoms with Gasteiger partial charge in [-0.25, -0.2) is 9.98 Å². The number of hydrogen-bond donors (Lipinski definition) is 3. The van der Waals surface area contributed by atoms with E-state index >= 15 is 0 Å². The second kappa shape index (κ2) is 5.77. The summed E-state index contributed by atoms with van der Waals surface area (Å²) in [5, 5.41) is 14.8. The highest BCUT2D eigenvalue weighted by atomic mass is 16.3. The summed E-state index contributed by atoms with van der Waals surface area (Å²) in [4.78, 5) is 26.0. The Balaban J connectivity index is 1.86. The number of ketones is 1. The highest BCUT2D eigenvalue weighted by Gasteiger charge is 2.49. The van der Waals surface area contributed by atoms with Crippen LogP contribution in [0.2, 0.25) is 0 Å². The number of hydrogen-bond acceptors (Lipinski definition) is 9. The van der Waals surface area contributed by atoms with Gasteiger partial charge in [0.1, 0.15) is 35.2 Å². The summed E-state index contributed by atoms with van der Waals surface area (Å²) in [5.41, 5.74) is 14.4. The van der Waals surface area contributed by atoms with Gasteiger partial charge in [-0.15, -0.1) is 0 Å². The molecule has 148 valence electrons. The second-order valence-corrected chi connectivity index (χ2v) is 7.60. The van der Waals surface area contributed by atoms with E-state index in [1.807, 2.05) is 45.0 Å². The smallest absolute Gasteiger partial charge is 0.198 e. The zero-order chi connectivity index (χ0) is 20.6. The first kappa shape index (κ1) is 17.6. The van der Waals surface area contributed by atoms with Gasteiger partial charge in [0.2, 0.25) is 0 Å². The maximum Gasteiger partial charge on any atom is 0.198 e. The lowest BCUT2D eigenvalue weighted by atomic mass is 9.89. The van der Waals surface area contributed by atoms with E-state index < -0.39 is 12.2 Å². The topological polar surface area (TPSA) is 119 Å². The third-order valence-electron chi connectivity index (χ3n) is 5.70. The number of fused-ring (bicyclic) bond motifs is 2. The lowest BCUT2D eigenvalue weighted by Gasteiger charge is -2.40. The maximum atomic E-state index is 13.2. The summed E-state index contributed by atoms with van der Waals surface area (Å²) >= 11 is 0. The van der Waals surface area contributed by atoms with Gasteiger partial charge in [-0.05, 0) is 32.4 Å². The molecule has 0 bridgehead atoms. The van der Waals surface area contributed by atoms with E-state index in [4.69, 9.17) is 5.73 Å². The molecule has 2 unspecified atom stereocenters. The van der Waals surface area contributed by atoms with Crippen molar-refractivity contribution in [2.24, 2.45) is 20.8 Å². The largest absolute Gasteiger partial charge is 0.508 e. The summed E-state index contributed by atoms with van der Waals surface area (Å²) in [7, 11) is 1.86. The number of nitrogens with one attached hydrogen (secondary N) is 1. The molecule has 0 amide bonds. The Hall–Kier alpha value is -3.46. The van der Waals surface area contributed by atoms with Crippen LogP contribution in [0.3, 0.4) is 0 Å². The Bertz CT molecular complexity index is 1140. The van der Waals surface area contributed by atoms with Crippen LogP contribution < -0.4 is 16.1 Å². The number of aryl methyl sites for hydroxylation is 1. The van der Waals surface area contributed by atoms with Crippen LogP contribution in [-0.2, 0) is 4.79 Å². The van der Waals surface area contributed by atoms with Gasteiger partial charge in [-0.2, -0.15) is 5.10 Å². The van der Waals surface area contributed by atoms with Gasteiger partial charge in [0.15, 0.2) is 11.6 Å². The van der Waals surface area contributed by atoms with Crippen molar-refractivity contribution in [1.82, 2.24) is 10.3 Å².